The minimum atomic E-state index is -3.86. The van der Waals surface area contributed by atoms with Crippen LogP contribution in [0, 0.1) is 17.0 Å². The lowest BCUT2D eigenvalue weighted by Crippen LogP contribution is -2.38. The molecule has 4 atom stereocenters. The number of nitro benzene ring substituents is 1. The molecule has 55 heavy (non-hydrogen) atoms. The molecule has 2 heterocycles. The molecule has 1 aliphatic rings. The molecule has 1 unspecified atom stereocenters. The fraction of sp³-hybridized carbons (Fsp3) is 0.263. The maximum atomic E-state index is 14.0. The van der Waals surface area contributed by atoms with Gasteiger partial charge in [0.1, 0.15) is 35.5 Å². The van der Waals surface area contributed by atoms with Crippen molar-refractivity contribution in [2.75, 3.05) is 20.8 Å². The number of thiol groups is 1. The van der Waals surface area contributed by atoms with Gasteiger partial charge in [0.25, 0.3) is 11.2 Å². The number of nitrogens with zero attached hydrogens (tertiary/aromatic N) is 2. The molecule has 5 aromatic rings. The number of hydrogen-bond acceptors (Lipinski definition) is 12. The minimum Gasteiger partial charge on any atom is -0.637 e. The van der Waals surface area contributed by atoms with Crippen molar-refractivity contribution in [3.05, 3.63) is 167 Å². The van der Waals surface area contributed by atoms with Crippen LogP contribution in [0.5, 0.6) is 11.5 Å². The summed E-state index contributed by atoms with van der Waals surface area (Å²) in [6.45, 7) is 1.41. The summed E-state index contributed by atoms with van der Waals surface area (Å²) in [7, 11) is 3.16. The predicted molar refractivity (Wildman–Crippen MR) is 213 cm³/mol. The van der Waals surface area contributed by atoms with Crippen LogP contribution in [-0.4, -0.2) is 47.5 Å². The Morgan fingerprint density at radius 2 is 1.58 bits per heavy atom. The Labute approximate surface area is 331 Å². The van der Waals surface area contributed by atoms with E-state index in [1.54, 1.807) is 21.1 Å². The molecule has 1 aliphatic heterocycles. The Bertz CT molecular complexity index is 2190. The van der Waals surface area contributed by atoms with E-state index in [1.165, 1.54) is 29.0 Å². The zero-order valence-electron chi connectivity index (χ0n) is 29.8. The van der Waals surface area contributed by atoms with Crippen molar-refractivity contribution >= 4 is 47.0 Å². The number of halogens is 1. The Morgan fingerprint density at radius 1 is 0.982 bits per heavy atom. The highest BCUT2D eigenvalue weighted by molar-refractivity contribution is 8.86. The van der Waals surface area contributed by atoms with E-state index in [9.17, 15) is 24.6 Å². The van der Waals surface area contributed by atoms with Gasteiger partial charge in [-0.2, -0.15) is 0 Å². The van der Waals surface area contributed by atoms with Gasteiger partial charge in [0.15, 0.2) is 0 Å². The van der Waals surface area contributed by atoms with Gasteiger partial charge in [0.2, 0.25) is 6.12 Å². The minimum absolute atomic E-state index is 0.0228. The smallest absolute Gasteiger partial charge is 0.330 e. The first-order valence-electron chi connectivity index (χ1n) is 16.9. The van der Waals surface area contributed by atoms with Crippen molar-refractivity contribution in [2.24, 2.45) is 0 Å². The predicted octanol–water partition coefficient (Wildman–Crippen LogP) is 7.01. The van der Waals surface area contributed by atoms with E-state index in [4.69, 9.17) is 35.1 Å². The number of benzene rings is 4. The second-order valence-corrected chi connectivity index (χ2v) is 19.3. The van der Waals surface area contributed by atoms with E-state index in [0.717, 1.165) is 28.1 Å². The van der Waals surface area contributed by atoms with Crippen molar-refractivity contribution < 1.29 is 33.3 Å². The van der Waals surface area contributed by atoms with Crippen LogP contribution >= 0.6 is 41.4 Å². The molecule has 1 aromatic heterocycles. The van der Waals surface area contributed by atoms with Crippen molar-refractivity contribution in [3.63, 3.8) is 0 Å². The molecule has 13 nitrogen and oxygen atoms in total. The van der Waals surface area contributed by atoms with Crippen LogP contribution in [0.2, 0.25) is 5.02 Å². The largest absolute Gasteiger partial charge is 0.637 e. The molecule has 0 aliphatic carbocycles. The molecule has 6 rings (SSSR count). The van der Waals surface area contributed by atoms with Crippen LogP contribution in [0.25, 0.3) is 0 Å². The fourth-order valence-electron chi connectivity index (χ4n) is 6.40. The van der Waals surface area contributed by atoms with Crippen molar-refractivity contribution in [3.8, 4) is 11.5 Å². The number of nitro groups is 1. The summed E-state index contributed by atoms with van der Waals surface area (Å²) in [5, 5.41) is 11.9. The van der Waals surface area contributed by atoms with E-state index >= 15 is 0 Å². The molecule has 0 bridgehead atoms. The highest BCUT2D eigenvalue weighted by atomic mass is 35.5. The van der Waals surface area contributed by atoms with E-state index < -0.39 is 46.3 Å². The zero-order chi connectivity index (χ0) is 39.3. The normalized spacial score (nSPS) is 18.1. The maximum Gasteiger partial charge on any atom is 0.330 e. The summed E-state index contributed by atoms with van der Waals surface area (Å²) in [6.07, 6.45) is -5.29. The maximum absolute atomic E-state index is 14.0. The summed E-state index contributed by atoms with van der Waals surface area (Å²) in [4.78, 5) is 52.7. The highest BCUT2D eigenvalue weighted by Gasteiger charge is 2.46. The van der Waals surface area contributed by atoms with Crippen LogP contribution < -0.4 is 25.6 Å². The second kappa shape index (κ2) is 17.3. The molecule has 1 N–H and O–H groups in total. The van der Waals surface area contributed by atoms with Gasteiger partial charge in [-0.1, -0.05) is 66.2 Å². The highest BCUT2D eigenvalue weighted by Crippen LogP contribution is 2.70. The van der Waals surface area contributed by atoms with E-state index in [0.29, 0.717) is 11.5 Å². The molecule has 17 heteroatoms. The van der Waals surface area contributed by atoms with Crippen LogP contribution in [-0.2, 0) is 25.4 Å². The zero-order valence-corrected chi connectivity index (χ0v) is 33.2. The van der Waals surface area contributed by atoms with Crippen LogP contribution in [0.15, 0.2) is 113 Å². The summed E-state index contributed by atoms with van der Waals surface area (Å²) in [5.41, 5.74) is 0.135. The van der Waals surface area contributed by atoms with Crippen LogP contribution in [0.4, 0.5) is 5.69 Å². The quantitative estimate of drug-likeness (QED) is 0.0367. The molecule has 0 amide bonds. The number of ether oxygens (including phenoxy) is 4. The Balaban J connectivity index is 1.37. The number of methoxy groups -OCH3 is 2. The average Bonchev–Trinajstić information content (AvgIpc) is 3.57. The number of aryl methyl sites for hydroxylation is 1. The van der Waals surface area contributed by atoms with Crippen molar-refractivity contribution in [1.82, 2.24) is 9.55 Å². The molecular weight excluding hydrogens is 789 g/mol. The number of aromatic amines is 1. The third-order valence-electron chi connectivity index (χ3n) is 9.17. The molecule has 1 fully saturated rings. The SMILES string of the molecule is COc1ccc(C(OC[C@H]2O[C@@H](n3cc(C)c(=O)[nH]c3=O)C[C@@H]2O[P+]([O-])(S)SCc2ccc(Cl)cc2[N+](=O)[O-])(c2ccccc2)c2ccc(OC)cc2)cc1. The molecular formula is C38H37ClN3O10PS2. The van der Waals surface area contributed by atoms with Crippen molar-refractivity contribution in [1.29, 1.82) is 0 Å². The molecule has 0 radical (unpaired) electrons. The van der Waals surface area contributed by atoms with Gasteiger partial charge in [-0.15, -0.1) is 0 Å². The van der Waals surface area contributed by atoms with Gasteiger partial charge < -0.3 is 23.8 Å². The first-order chi connectivity index (χ1) is 26.3. The average molecular weight is 826 g/mol. The van der Waals surface area contributed by atoms with E-state index in [-0.39, 0.29) is 40.6 Å². The van der Waals surface area contributed by atoms with Gasteiger partial charge in [0.05, 0.1) is 42.9 Å². The number of H-pyrrole nitrogens is 1. The van der Waals surface area contributed by atoms with Gasteiger partial charge in [-0.25, -0.2) is 9.32 Å². The van der Waals surface area contributed by atoms with E-state index in [1.807, 2.05) is 78.9 Å². The summed E-state index contributed by atoms with van der Waals surface area (Å²) >= 11 is 11.2. The lowest BCUT2D eigenvalue weighted by Gasteiger charge is -2.37. The van der Waals surface area contributed by atoms with Gasteiger partial charge in [0, 0.05) is 47.1 Å². The molecule has 0 saturated carbocycles. The number of nitrogens with one attached hydrogen (secondary N) is 1. The fourth-order valence-corrected chi connectivity index (χ4v) is 10.0. The number of hydrogen-bond donors (Lipinski definition) is 2. The second-order valence-electron chi connectivity index (χ2n) is 12.6. The molecule has 0 spiro atoms. The van der Waals surface area contributed by atoms with Gasteiger partial charge in [-0.05, 0) is 60.0 Å². The van der Waals surface area contributed by atoms with Crippen LogP contribution in [0.3, 0.4) is 0 Å². The third kappa shape index (κ3) is 9.11. The number of aromatic nitrogens is 2. The Morgan fingerprint density at radius 3 is 2.16 bits per heavy atom. The monoisotopic (exact) mass is 825 g/mol. The first-order valence-corrected chi connectivity index (χ1v) is 21.6. The van der Waals surface area contributed by atoms with Crippen LogP contribution in [0.1, 0.15) is 40.5 Å². The first kappa shape index (κ1) is 40.5. The van der Waals surface area contributed by atoms with Crippen molar-refractivity contribution in [2.45, 2.75) is 43.1 Å². The number of rotatable bonds is 15. The summed E-state index contributed by atoms with van der Waals surface area (Å²) < 4.78 is 31.9. The topological polar surface area (TPSA) is 167 Å². The summed E-state index contributed by atoms with van der Waals surface area (Å²) in [6, 6.07) is 28.7. The molecule has 4 aromatic carbocycles. The summed E-state index contributed by atoms with van der Waals surface area (Å²) in [5.74, 6) is 1.21. The van der Waals surface area contributed by atoms with Gasteiger partial charge >= 0.3 is 5.69 Å². The van der Waals surface area contributed by atoms with Gasteiger partial charge in [-0.3, -0.25) is 24.5 Å². The Hall–Kier alpha value is -4.18. The standard InChI is InChI=1S/C38H37ClN3O10PS2/c1-24-21-41(37(44)40-36(24)43)35-20-33(52-53(47,54)55-23-25-9-14-29(39)19-32(25)42(45)46)34(51-35)22-50-38(26-7-5-4-6-8-26,27-10-15-30(48-2)16-11-27)28-12-17-31(49-3)18-13-28/h4-19,21,33-35H,20,22-23H2,1-3H3,(H,47,54)(H,40,43,44)/t33-,34+,35+,53?/m0/s1. The van der Waals surface area contributed by atoms with E-state index in [2.05, 4.69) is 17.2 Å². The molecule has 288 valence electrons. The lowest BCUT2D eigenvalue weighted by atomic mass is 9.80. The Kier molecular flexibility index (Phi) is 12.7. The molecule has 1 saturated heterocycles. The lowest BCUT2D eigenvalue weighted by molar-refractivity contribution is -0.385. The third-order valence-corrected chi connectivity index (χ3v) is 13.7.